The van der Waals surface area contributed by atoms with Crippen LogP contribution in [0.2, 0.25) is 0 Å². The number of aliphatic hydroxyl groups excluding tert-OH is 1. The lowest BCUT2D eigenvalue weighted by molar-refractivity contribution is 0.179. The Bertz CT molecular complexity index is 317. The van der Waals surface area contributed by atoms with E-state index < -0.39 is 0 Å². The predicted octanol–water partition coefficient (Wildman–Crippen LogP) is 1.48. The molecular weight excluding hydrogens is 204 g/mol. The molecule has 0 bridgehead atoms. The van der Waals surface area contributed by atoms with Gasteiger partial charge in [-0.05, 0) is 33.3 Å². The maximum atomic E-state index is 9.25. The van der Waals surface area contributed by atoms with Crippen molar-refractivity contribution in [2.75, 3.05) is 17.2 Å². The van der Waals surface area contributed by atoms with Crippen LogP contribution < -0.4 is 10.6 Å². The maximum Gasteiger partial charge on any atom is 0.224 e. The number of hydrogen-bond donors (Lipinski definition) is 3. The molecule has 16 heavy (non-hydrogen) atoms. The minimum atomic E-state index is -0.308. The SMILES string of the molecule is CCNc1nccc(NC(C)CC(C)O)n1. The first-order valence-corrected chi connectivity index (χ1v) is 5.63. The van der Waals surface area contributed by atoms with Gasteiger partial charge in [-0.3, -0.25) is 0 Å². The van der Waals surface area contributed by atoms with Gasteiger partial charge in [0.2, 0.25) is 5.95 Å². The smallest absolute Gasteiger partial charge is 0.224 e. The van der Waals surface area contributed by atoms with Crippen LogP contribution in [0.5, 0.6) is 0 Å². The highest BCUT2D eigenvalue weighted by atomic mass is 16.3. The average molecular weight is 224 g/mol. The minimum absolute atomic E-state index is 0.185. The molecule has 5 nitrogen and oxygen atoms in total. The van der Waals surface area contributed by atoms with Gasteiger partial charge in [0.25, 0.3) is 0 Å². The lowest BCUT2D eigenvalue weighted by atomic mass is 10.1. The zero-order valence-electron chi connectivity index (χ0n) is 10.1. The summed E-state index contributed by atoms with van der Waals surface area (Å²) >= 11 is 0. The molecule has 90 valence electrons. The molecular formula is C11H20N4O. The van der Waals surface area contributed by atoms with Crippen molar-refractivity contribution in [1.29, 1.82) is 0 Å². The van der Waals surface area contributed by atoms with Crippen molar-refractivity contribution in [3.63, 3.8) is 0 Å². The first kappa shape index (κ1) is 12.7. The van der Waals surface area contributed by atoms with Crippen molar-refractivity contribution in [1.82, 2.24) is 9.97 Å². The summed E-state index contributed by atoms with van der Waals surface area (Å²) in [5.74, 6) is 1.40. The van der Waals surface area contributed by atoms with Crippen LogP contribution in [0.25, 0.3) is 0 Å². The van der Waals surface area contributed by atoms with E-state index in [1.165, 1.54) is 0 Å². The average Bonchev–Trinajstić information content (AvgIpc) is 2.17. The van der Waals surface area contributed by atoms with Crippen LogP contribution in [-0.2, 0) is 0 Å². The highest BCUT2D eigenvalue weighted by molar-refractivity contribution is 5.40. The van der Waals surface area contributed by atoms with Crippen molar-refractivity contribution < 1.29 is 5.11 Å². The molecule has 0 amide bonds. The van der Waals surface area contributed by atoms with E-state index in [1.54, 1.807) is 13.1 Å². The Labute approximate surface area is 96.3 Å². The Hall–Kier alpha value is -1.36. The summed E-state index contributed by atoms with van der Waals surface area (Å²) in [5.41, 5.74) is 0. The largest absolute Gasteiger partial charge is 0.393 e. The third-order valence-corrected chi connectivity index (χ3v) is 2.08. The molecule has 1 heterocycles. The van der Waals surface area contributed by atoms with Gasteiger partial charge in [-0.1, -0.05) is 0 Å². The fourth-order valence-electron chi connectivity index (χ4n) is 1.51. The number of nitrogens with one attached hydrogen (secondary N) is 2. The Balaban J connectivity index is 2.55. The van der Waals surface area contributed by atoms with E-state index in [0.717, 1.165) is 12.4 Å². The van der Waals surface area contributed by atoms with Gasteiger partial charge in [0.05, 0.1) is 6.10 Å². The molecule has 1 aromatic rings. The van der Waals surface area contributed by atoms with Crippen molar-refractivity contribution in [3.05, 3.63) is 12.3 Å². The first-order chi connectivity index (χ1) is 7.61. The highest BCUT2D eigenvalue weighted by Gasteiger charge is 2.06. The Morgan fingerprint density at radius 3 is 2.81 bits per heavy atom. The number of aliphatic hydroxyl groups is 1. The molecule has 2 atom stereocenters. The molecule has 3 N–H and O–H groups in total. The van der Waals surface area contributed by atoms with Crippen molar-refractivity contribution in [2.24, 2.45) is 0 Å². The van der Waals surface area contributed by atoms with Gasteiger partial charge in [0.1, 0.15) is 5.82 Å². The zero-order valence-corrected chi connectivity index (χ0v) is 10.1. The Morgan fingerprint density at radius 2 is 2.19 bits per heavy atom. The highest BCUT2D eigenvalue weighted by Crippen LogP contribution is 2.09. The van der Waals surface area contributed by atoms with Gasteiger partial charge < -0.3 is 15.7 Å². The predicted molar refractivity (Wildman–Crippen MR) is 65.6 cm³/mol. The van der Waals surface area contributed by atoms with E-state index in [-0.39, 0.29) is 12.1 Å². The van der Waals surface area contributed by atoms with Crippen LogP contribution in [0.15, 0.2) is 12.3 Å². The van der Waals surface area contributed by atoms with Crippen molar-refractivity contribution in [2.45, 2.75) is 39.3 Å². The molecule has 0 saturated carbocycles. The van der Waals surface area contributed by atoms with Crippen LogP contribution in [-0.4, -0.2) is 33.8 Å². The fraction of sp³-hybridized carbons (Fsp3) is 0.636. The topological polar surface area (TPSA) is 70.1 Å². The number of anilines is 2. The molecule has 0 spiro atoms. The van der Waals surface area contributed by atoms with E-state index in [1.807, 2.05) is 19.9 Å². The third-order valence-electron chi connectivity index (χ3n) is 2.08. The molecule has 5 heteroatoms. The van der Waals surface area contributed by atoms with E-state index in [2.05, 4.69) is 20.6 Å². The molecule has 0 aliphatic rings. The first-order valence-electron chi connectivity index (χ1n) is 5.63. The van der Waals surface area contributed by atoms with Crippen LogP contribution >= 0.6 is 0 Å². The summed E-state index contributed by atoms with van der Waals surface area (Å²) < 4.78 is 0. The van der Waals surface area contributed by atoms with Crippen LogP contribution in [0.3, 0.4) is 0 Å². The number of rotatable bonds is 6. The van der Waals surface area contributed by atoms with E-state index in [9.17, 15) is 5.11 Å². The molecule has 2 unspecified atom stereocenters. The van der Waals surface area contributed by atoms with Gasteiger partial charge in [-0.15, -0.1) is 0 Å². The second-order valence-electron chi connectivity index (χ2n) is 3.93. The monoisotopic (exact) mass is 224 g/mol. The van der Waals surface area contributed by atoms with E-state index in [4.69, 9.17) is 0 Å². The van der Waals surface area contributed by atoms with Gasteiger partial charge in [0, 0.05) is 18.8 Å². The number of hydrogen-bond acceptors (Lipinski definition) is 5. The van der Waals surface area contributed by atoms with Gasteiger partial charge in [-0.2, -0.15) is 4.98 Å². The number of nitrogens with zero attached hydrogens (tertiary/aromatic N) is 2. The molecule has 0 fully saturated rings. The quantitative estimate of drug-likeness (QED) is 0.682. The summed E-state index contributed by atoms with van der Waals surface area (Å²) in [6.07, 6.45) is 2.10. The summed E-state index contributed by atoms with van der Waals surface area (Å²) in [7, 11) is 0. The lowest BCUT2D eigenvalue weighted by Gasteiger charge is -2.16. The lowest BCUT2D eigenvalue weighted by Crippen LogP contribution is -2.21. The summed E-state index contributed by atoms with van der Waals surface area (Å²) in [6.45, 7) is 6.59. The molecule has 0 aliphatic heterocycles. The van der Waals surface area contributed by atoms with Gasteiger partial charge in [0.15, 0.2) is 0 Å². The Morgan fingerprint density at radius 1 is 1.44 bits per heavy atom. The normalized spacial score (nSPS) is 14.2. The van der Waals surface area contributed by atoms with Crippen LogP contribution in [0.4, 0.5) is 11.8 Å². The molecule has 0 radical (unpaired) electrons. The second-order valence-corrected chi connectivity index (χ2v) is 3.93. The van der Waals surface area contributed by atoms with E-state index >= 15 is 0 Å². The second kappa shape index (κ2) is 6.27. The molecule has 1 aromatic heterocycles. The summed E-state index contributed by atoms with van der Waals surface area (Å²) in [4.78, 5) is 8.38. The molecule has 0 aromatic carbocycles. The molecule has 1 rings (SSSR count). The van der Waals surface area contributed by atoms with Gasteiger partial charge >= 0.3 is 0 Å². The third kappa shape index (κ3) is 4.44. The zero-order chi connectivity index (χ0) is 12.0. The van der Waals surface area contributed by atoms with E-state index in [0.29, 0.717) is 12.4 Å². The van der Waals surface area contributed by atoms with Crippen LogP contribution in [0, 0.1) is 0 Å². The molecule has 0 saturated heterocycles. The maximum absolute atomic E-state index is 9.25. The number of aromatic nitrogens is 2. The standard InChI is InChI=1S/C11H20N4O/c1-4-12-11-13-6-5-10(15-11)14-8(2)7-9(3)16/h5-6,8-9,16H,4,7H2,1-3H3,(H2,12,13,14,15). The van der Waals surface area contributed by atoms with Crippen molar-refractivity contribution >= 4 is 11.8 Å². The Kier molecular flexibility index (Phi) is 4.98. The molecule has 0 aliphatic carbocycles. The summed E-state index contributed by atoms with van der Waals surface area (Å²) in [6, 6.07) is 2.00. The van der Waals surface area contributed by atoms with Crippen LogP contribution in [0.1, 0.15) is 27.2 Å². The minimum Gasteiger partial charge on any atom is -0.393 e. The summed E-state index contributed by atoms with van der Waals surface area (Å²) in [5, 5.41) is 15.5. The fourth-order valence-corrected chi connectivity index (χ4v) is 1.51. The van der Waals surface area contributed by atoms with Gasteiger partial charge in [-0.25, -0.2) is 4.98 Å². The van der Waals surface area contributed by atoms with Crippen molar-refractivity contribution in [3.8, 4) is 0 Å².